The van der Waals surface area contributed by atoms with Gasteiger partial charge in [0.15, 0.2) is 0 Å². The smallest absolute Gasteiger partial charge is 0.140 e. The number of pyridine rings is 1. The van der Waals surface area contributed by atoms with E-state index in [4.69, 9.17) is 4.98 Å². The summed E-state index contributed by atoms with van der Waals surface area (Å²) in [5.41, 5.74) is 9.13. The Morgan fingerprint density at radius 3 is 1.24 bits per heavy atom. The lowest BCUT2D eigenvalue weighted by Crippen LogP contribution is -2.04. The summed E-state index contributed by atoms with van der Waals surface area (Å²) in [6.07, 6.45) is 4.35. The Bertz CT molecular complexity index is 2880. The van der Waals surface area contributed by atoms with Crippen LogP contribution in [0.5, 0.6) is 0 Å². The van der Waals surface area contributed by atoms with Crippen LogP contribution in [0.15, 0.2) is 176 Å². The molecule has 11 aromatic rings. The minimum atomic E-state index is 0.874. The van der Waals surface area contributed by atoms with Gasteiger partial charge in [0.2, 0.25) is 0 Å². The van der Waals surface area contributed by atoms with E-state index >= 15 is 0 Å². The summed E-state index contributed by atoms with van der Waals surface area (Å²) in [7, 11) is 0. The second kappa shape index (κ2) is 10.3. The topological polar surface area (TPSA) is 32.6 Å². The zero-order valence-electron chi connectivity index (χ0n) is 27.0. The van der Waals surface area contributed by atoms with Crippen LogP contribution in [-0.2, 0) is 0 Å². The van der Waals surface area contributed by atoms with Crippen LogP contribution < -0.4 is 0 Å². The van der Waals surface area contributed by atoms with Crippen LogP contribution in [0.4, 0.5) is 0 Å². The van der Waals surface area contributed by atoms with E-state index in [9.17, 15) is 0 Å². The Labute approximate surface area is 287 Å². The Kier molecular flexibility index (Phi) is 5.60. The first-order chi connectivity index (χ1) is 24.8. The third-order valence-corrected chi connectivity index (χ3v) is 10.2. The number of hydrogen-bond acceptors (Lipinski definition) is 1. The van der Waals surface area contributed by atoms with Gasteiger partial charge >= 0.3 is 0 Å². The second-order valence-corrected chi connectivity index (χ2v) is 12.9. The molecule has 11 rings (SSSR count). The molecular weight excluding hydrogens is 611 g/mol. The fourth-order valence-electron chi connectivity index (χ4n) is 8.09. The molecule has 5 aromatic heterocycles. The molecule has 0 aliphatic heterocycles. The van der Waals surface area contributed by atoms with Crippen molar-refractivity contribution in [3.8, 4) is 23.0 Å². The molecule has 0 spiro atoms. The van der Waals surface area contributed by atoms with E-state index in [0.717, 1.165) is 56.1 Å². The average molecular weight is 640 g/mol. The summed E-state index contributed by atoms with van der Waals surface area (Å²) < 4.78 is 9.31. The van der Waals surface area contributed by atoms with Crippen LogP contribution in [0, 0.1) is 0 Å². The van der Waals surface area contributed by atoms with Gasteiger partial charge in [0.1, 0.15) is 11.6 Å². The second-order valence-electron chi connectivity index (χ2n) is 12.9. The summed E-state index contributed by atoms with van der Waals surface area (Å²) in [4.78, 5) is 5.55. The molecule has 0 aliphatic carbocycles. The lowest BCUT2D eigenvalue weighted by atomic mass is 10.1. The Hall–Kier alpha value is -6.85. The quantitative estimate of drug-likeness (QED) is 0.189. The number of hydrogen-bond donors (Lipinski definition) is 0. The fraction of sp³-hybridized carbons (Fsp3) is 0. The van der Waals surface area contributed by atoms with Crippen molar-refractivity contribution < 1.29 is 0 Å². The predicted molar refractivity (Wildman–Crippen MR) is 207 cm³/mol. The third kappa shape index (κ3) is 3.74. The predicted octanol–water partition coefficient (Wildman–Crippen LogP) is 11.2. The van der Waals surface area contributed by atoms with Crippen molar-refractivity contribution in [3.63, 3.8) is 0 Å². The standard InChI is InChI=1S/C45H29N5/c1-3-12-32(13-4-1)47-28-26-30-22-24-36-34-16-7-9-18-38(34)49(44(36)42(30)47)40-20-11-21-41(46-40)50-39-19-10-8-17-35(39)37-25-23-31-27-29-48(43(31)45(37)50)33-14-5-2-6-15-33/h1-29H. The lowest BCUT2D eigenvalue weighted by molar-refractivity contribution is 1.01. The zero-order valence-corrected chi connectivity index (χ0v) is 27.0. The van der Waals surface area contributed by atoms with Crippen molar-refractivity contribution in [2.24, 2.45) is 0 Å². The van der Waals surface area contributed by atoms with Crippen molar-refractivity contribution in [1.29, 1.82) is 0 Å². The van der Waals surface area contributed by atoms with E-state index in [1.807, 2.05) is 0 Å². The maximum absolute atomic E-state index is 5.55. The minimum absolute atomic E-state index is 0.874. The molecule has 0 saturated heterocycles. The molecule has 0 unspecified atom stereocenters. The van der Waals surface area contributed by atoms with Crippen molar-refractivity contribution in [2.75, 3.05) is 0 Å². The van der Waals surface area contributed by atoms with Crippen LogP contribution in [0.25, 0.3) is 88.4 Å². The molecule has 50 heavy (non-hydrogen) atoms. The number of para-hydroxylation sites is 4. The van der Waals surface area contributed by atoms with Gasteiger partial charge in [-0.2, -0.15) is 0 Å². The molecule has 0 amide bonds. The average Bonchev–Trinajstić information content (AvgIpc) is 3.96. The summed E-state index contributed by atoms with van der Waals surface area (Å²) >= 11 is 0. The summed E-state index contributed by atoms with van der Waals surface area (Å²) in [6, 6.07) is 58.4. The van der Waals surface area contributed by atoms with Gasteiger partial charge in [0, 0.05) is 56.1 Å². The molecule has 0 aliphatic rings. The maximum Gasteiger partial charge on any atom is 0.140 e. The van der Waals surface area contributed by atoms with Gasteiger partial charge in [0.05, 0.1) is 33.1 Å². The van der Waals surface area contributed by atoms with E-state index in [2.05, 4.69) is 194 Å². The summed E-state index contributed by atoms with van der Waals surface area (Å²) in [5, 5.41) is 7.19. The summed E-state index contributed by atoms with van der Waals surface area (Å²) in [5.74, 6) is 1.75. The van der Waals surface area contributed by atoms with Crippen molar-refractivity contribution in [2.45, 2.75) is 0 Å². The first-order valence-corrected chi connectivity index (χ1v) is 17.0. The van der Waals surface area contributed by atoms with E-state index < -0.39 is 0 Å². The van der Waals surface area contributed by atoms with Gasteiger partial charge in [-0.1, -0.05) is 103 Å². The monoisotopic (exact) mass is 639 g/mol. The lowest BCUT2D eigenvalue weighted by Gasteiger charge is -2.14. The maximum atomic E-state index is 5.55. The molecule has 6 aromatic carbocycles. The van der Waals surface area contributed by atoms with Gasteiger partial charge in [-0.15, -0.1) is 0 Å². The molecule has 5 nitrogen and oxygen atoms in total. The van der Waals surface area contributed by atoms with Gasteiger partial charge in [-0.05, 0) is 60.7 Å². The summed E-state index contributed by atoms with van der Waals surface area (Å²) in [6.45, 7) is 0. The first-order valence-electron chi connectivity index (χ1n) is 17.0. The highest BCUT2D eigenvalue weighted by Gasteiger charge is 2.21. The van der Waals surface area contributed by atoms with E-state index in [-0.39, 0.29) is 0 Å². The van der Waals surface area contributed by atoms with Gasteiger partial charge in [0.25, 0.3) is 0 Å². The highest BCUT2D eigenvalue weighted by Crippen LogP contribution is 2.40. The molecule has 5 heterocycles. The van der Waals surface area contributed by atoms with Crippen LogP contribution in [0.1, 0.15) is 0 Å². The largest absolute Gasteiger partial charge is 0.315 e. The van der Waals surface area contributed by atoms with Crippen molar-refractivity contribution in [1.82, 2.24) is 23.3 Å². The zero-order chi connectivity index (χ0) is 32.8. The van der Waals surface area contributed by atoms with Crippen LogP contribution >= 0.6 is 0 Å². The Morgan fingerprint density at radius 1 is 0.320 bits per heavy atom. The number of aromatic nitrogens is 5. The SMILES string of the molecule is c1ccc(-n2ccc3ccc4c5ccccc5n(-c5cccc(-n6c7ccccc7c7ccc8ccn(-c9ccccc9)c8c76)n5)c4c32)cc1. The van der Waals surface area contributed by atoms with Gasteiger partial charge < -0.3 is 9.13 Å². The highest BCUT2D eigenvalue weighted by atomic mass is 15.2. The number of rotatable bonds is 4. The first kappa shape index (κ1) is 27.1. The minimum Gasteiger partial charge on any atom is -0.315 e. The number of nitrogens with zero attached hydrogens (tertiary/aromatic N) is 5. The molecule has 0 atom stereocenters. The van der Waals surface area contributed by atoms with Gasteiger partial charge in [-0.25, -0.2) is 4.98 Å². The van der Waals surface area contributed by atoms with Crippen molar-refractivity contribution in [3.05, 3.63) is 176 Å². The fourth-order valence-corrected chi connectivity index (χ4v) is 8.09. The molecule has 0 bridgehead atoms. The number of fused-ring (bicyclic) bond motifs is 10. The van der Waals surface area contributed by atoms with Crippen molar-refractivity contribution >= 4 is 65.4 Å². The normalized spacial score (nSPS) is 12.0. The van der Waals surface area contributed by atoms with E-state index in [0.29, 0.717) is 0 Å². The van der Waals surface area contributed by atoms with E-state index in [1.54, 1.807) is 0 Å². The Balaban J connectivity index is 1.24. The number of benzene rings is 6. The van der Waals surface area contributed by atoms with E-state index in [1.165, 1.54) is 32.3 Å². The van der Waals surface area contributed by atoms with Crippen LogP contribution in [0.2, 0.25) is 0 Å². The molecule has 0 saturated carbocycles. The van der Waals surface area contributed by atoms with Crippen LogP contribution in [-0.4, -0.2) is 23.3 Å². The van der Waals surface area contributed by atoms with Gasteiger partial charge in [-0.3, -0.25) is 9.13 Å². The molecule has 234 valence electrons. The molecule has 0 radical (unpaired) electrons. The third-order valence-electron chi connectivity index (χ3n) is 10.2. The molecular formula is C45H29N5. The molecule has 0 fully saturated rings. The Morgan fingerprint density at radius 2 is 0.760 bits per heavy atom. The molecule has 5 heteroatoms. The van der Waals surface area contributed by atoms with Crippen LogP contribution in [0.3, 0.4) is 0 Å². The molecule has 0 N–H and O–H groups in total. The highest BCUT2D eigenvalue weighted by molar-refractivity contribution is 6.19.